The monoisotopic (exact) mass is 239 g/mol. The van der Waals surface area contributed by atoms with Gasteiger partial charge >= 0.3 is 0 Å². The first kappa shape index (κ1) is 11.8. The summed E-state index contributed by atoms with van der Waals surface area (Å²) in [5, 5.41) is 2.50. The van der Waals surface area contributed by atoms with Crippen molar-refractivity contribution in [2.45, 2.75) is 0 Å². The minimum absolute atomic E-state index is 0.246. The molecule has 0 saturated carbocycles. The number of ether oxygens (including phenoxy) is 1. The zero-order valence-corrected chi connectivity index (χ0v) is 9.57. The highest BCUT2D eigenvalue weighted by molar-refractivity contribution is 5.97. The molecule has 0 unspecified atom stereocenters. The van der Waals surface area contributed by atoms with Gasteiger partial charge in [-0.1, -0.05) is 0 Å². The number of carbonyl (C=O) groups is 1. The molecule has 17 heavy (non-hydrogen) atoms. The third-order valence-electron chi connectivity index (χ3n) is 2.63. The number of hydrogen-bond acceptors (Lipinski definition) is 4. The average molecular weight is 239 g/mol. The molecule has 0 aliphatic carbocycles. The normalized spacial score (nSPS) is 15.8. The lowest BCUT2D eigenvalue weighted by Gasteiger charge is -2.29. The van der Waals surface area contributed by atoms with Crippen LogP contribution < -0.4 is 10.2 Å². The molecule has 1 saturated heterocycles. The van der Waals surface area contributed by atoms with E-state index in [2.05, 4.69) is 10.3 Å². The van der Waals surface area contributed by atoms with E-state index < -0.39 is 5.82 Å². The molecule has 1 aromatic heterocycles. The SMILES string of the molecule is CNC(=O)c1ncc(F)cc1N1CCOCC1. The van der Waals surface area contributed by atoms with Crippen LogP contribution in [0.4, 0.5) is 10.1 Å². The molecule has 5 nitrogen and oxygen atoms in total. The lowest BCUT2D eigenvalue weighted by molar-refractivity contribution is 0.0956. The summed E-state index contributed by atoms with van der Waals surface area (Å²) in [4.78, 5) is 17.4. The van der Waals surface area contributed by atoms with E-state index in [4.69, 9.17) is 4.74 Å². The Hall–Kier alpha value is -1.69. The second kappa shape index (κ2) is 5.09. The number of morpholine rings is 1. The maximum absolute atomic E-state index is 13.2. The molecule has 1 fully saturated rings. The van der Waals surface area contributed by atoms with Gasteiger partial charge in [0.2, 0.25) is 0 Å². The van der Waals surface area contributed by atoms with Crippen molar-refractivity contribution in [3.8, 4) is 0 Å². The summed E-state index contributed by atoms with van der Waals surface area (Å²) in [5.74, 6) is -0.759. The van der Waals surface area contributed by atoms with Crippen LogP contribution in [0.15, 0.2) is 12.3 Å². The summed E-state index contributed by atoms with van der Waals surface area (Å²) in [6, 6.07) is 1.34. The van der Waals surface area contributed by atoms with E-state index in [0.717, 1.165) is 6.20 Å². The molecule has 1 aromatic rings. The second-order valence-corrected chi connectivity index (χ2v) is 3.70. The predicted octanol–water partition coefficient (Wildman–Crippen LogP) is 0.417. The number of nitrogens with one attached hydrogen (secondary N) is 1. The number of pyridine rings is 1. The highest BCUT2D eigenvalue weighted by Crippen LogP contribution is 2.20. The number of hydrogen-bond donors (Lipinski definition) is 1. The molecule has 1 N–H and O–H groups in total. The third-order valence-corrected chi connectivity index (χ3v) is 2.63. The van der Waals surface area contributed by atoms with Crippen LogP contribution in [0.1, 0.15) is 10.5 Å². The van der Waals surface area contributed by atoms with Gasteiger partial charge in [-0.3, -0.25) is 4.79 Å². The van der Waals surface area contributed by atoms with Gasteiger partial charge in [-0.25, -0.2) is 9.37 Å². The first-order chi connectivity index (χ1) is 8.22. The third kappa shape index (κ3) is 2.52. The van der Waals surface area contributed by atoms with E-state index >= 15 is 0 Å². The lowest BCUT2D eigenvalue weighted by Crippen LogP contribution is -2.38. The average Bonchev–Trinajstić information content (AvgIpc) is 2.39. The van der Waals surface area contributed by atoms with Crippen molar-refractivity contribution < 1.29 is 13.9 Å². The van der Waals surface area contributed by atoms with Crippen LogP contribution in [0.3, 0.4) is 0 Å². The van der Waals surface area contributed by atoms with E-state index in [0.29, 0.717) is 32.0 Å². The Bertz CT molecular complexity index is 419. The largest absolute Gasteiger partial charge is 0.378 e. The standard InChI is InChI=1S/C11H14FN3O2/c1-13-11(16)10-9(6-8(12)7-14-10)15-2-4-17-5-3-15/h6-7H,2-5H2,1H3,(H,13,16). The Morgan fingerprint density at radius 3 is 2.88 bits per heavy atom. The smallest absolute Gasteiger partial charge is 0.271 e. The van der Waals surface area contributed by atoms with E-state index in [-0.39, 0.29) is 11.6 Å². The first-order valence-corrected chi connectivity index (χ1v) is 5.42. The highest BCUT2D eigenvalue weighted by atomic mass is 19.1. The summed E-state index contributed by atoms with van der Waals surface area (Å²) >= 11 is 0. The molecule has 92 valence electrons. The van der Waals surface area contributed by atoms with E-state index in [1.54, 1.807) is 0 Å². The first-order valence-electron chi connectivity index (χ1n) is 5.42. The maximum atomic E-state index is 13.2. The molecule has 2 heterocycles. The van der Waals surface area contributed by atoms with Gasteiger partial charge in [-0.15, -0.1) is 0 Å². The quantitative estimate of drug-likeness (QED) is 0.812. The van der Waals surface area contributed by atoms with Crippen molar-refractivity contribution in [3.05, 3.63) is 23.8 Å². The molecule has 0 bridgehead atoms. The van der Waals surface area contributed by atoms with Crippen LogP contribution in [0.2, 0.25) is 0 Å². The number of aromatic nitrogens is 1. The molecule has 0 aromatic carbocycles. The van der Waals surface area contributed by atoms with E-state index in [1.807, 2.05) is 4.90 Å². The van der Waals surface area contributed by atoms with Gasteiger partial charge in [0, 0.05) is 26.2 Å². The molecule has 0 radical (unpaired) electrons. The van der Waals surface area contributed by atoms with E-state index in [1.165, 1.54) is 13.1 Å². The zero-order chi connectivity index (χ0) is 12.3. The summed E-state index contributed by atoms with van der Waals surface area (Å²) in [6.07, 6.45) is 1.05. The van der Waals surface area contributed by atoms with Gasteiger partial charge in [0.15, 0.2) is 5.69 Å². The Morgan fingerprint density at radius 1 is 1.53 bits per heavy atom. The van der Waals surface area contributed by atoms with Crippen LogP contribution in [0.25, 0.3) is 0 Å². The zero-order valence-electron chi connectivity index (χ0n) is 9.57. The summed E-state index contributed by atoms with van der Waals surface area (Å²) in [5.41, 5.74) is 0.767. The molecule has 0 spiro atoms. The molecule has 0 atom stereocenters. The molecular formula is C11H14FN3O2. The maximum Gasteiger partial charge on any atom is 0.271 e. The number of halogens is 1. The van der Waals surface area contributed by atoms with Crippen LogP contribution >= 0.6 is 0 Å². The van der Waals surface area contributed by atoms with Crippen LogP contribution in [0.5, 0.6) is 0 Å². The fourth-order valence-corrected chi connectivity index (χ4v) is 1.77. The molecule has 2 rings (SSSR count). The molecule has 1 aliphatic heterocycles. The summed E-state index contributed by atoms with van der Waals surface area (Å²) in [6.45, 7) is 2.41. The molecule has 1 aliphatic rings. The summed E-state index contributed by atoms with van der Waals surface area (Å²) < 4.78 is 18.4. The van der Waals surface area contributed by atoms with Gasteiger partial charge in [0.1, 0.15) is 5.82 Å². The Balaban J connectivity index is 2.35. The molecule has 6 heteroatoms. The Labute approximate surface area is 98.6 Å². The van der Waals surface area contributed by atoms with Crippen molar-refractivity contribution in [2.24, 2.45) is 0 Å². The Kier molecular flexibility index (Phi) is 3.53. The Morgan fingerprint density at radius 2 is 2.24 bits per heavy atom. The minimum Gasteiger partial charge on any atom is -0.378 e. The fourth-order valence-electron chi connectivity index (χ4n) is 1.77. The van der Waals surface area contributed by atoms with E-state index in [9.17, 15) is 9.18 Å². The predicted molar refractivity (Wildman–Crippen MR) is 60.6 cm³/mol. The topological polar surface area (TPSA) is 54.5 Å². The van der Waals surface area contributed by atoms with Gasteiger partial charge in [-0.05, 0) is 0 Å². The van der Waals surface area contributed by atoms with Gasteiger partial charge in [0.05, 0.1) is 25.1 Å². The number of amides is 1. The lowest BCUT2D eigenvalue weighted by atomic mass is 10.2. The van der Waals surface area contributed by atoms with Gasteiger partial charge in [-0.2, -0.15) is 0 Å². The van der Waals surface area contributed by atoms with Crippen molar-refractivity contribution in [2.75, 3.05) is 38.3 Å². The van der Waals surface area contributed by atoms with Crippen molar-refractivity contribution in [1.82, 2.24) is 10.3 Å². The van der Waals surface area contributed by atoms with Crippen molar-refractivity contribution >= 4 is 11.6 Å². The number of anilines is 1. The van der Waals surface area contributed by atoms with Crippen molar-refractivity contribution in [3.63, 3.8) is 0 Å². The molecule has 1 amide bonds. The highest BCUT2D eigenvalue weighted by Gasteiger charge is 2.20. The number of rotatable bonds is 2. The van der Waals surface area contributed by atoms with Crippen molar-refractivity contribution in [1.29, 1.82) is 0 Å². The minimum atomic E-state index is -0.445. The second-order valence-electron chi connectivity index (χ2n) is 3.70. The van der Waals surface area contributed by atoms with Crippen LogP contribution in [-0.4, -0.2) is 44.2 Å². The van der Waals surface area contributed by atoms with Crippen LogP contribution in [0, 0.1) is 5.82 Å². The number of carbonyl (C=O) groups excluding carboxylic acids is 1. The van der Waals surface area contributed by atoms with Gasteiger partial charge in [0.25, 0.3) is 5.91 Å². The summed E-state index contributed by atoms with van der Waals surface area (Å²) in [7, 11) is 1.52. The fraction of sp³-hybridized carbons (Fsp3) is 0.455. The number of nitrogens with zero attached hydrogens (tertiary/aromatic N) is 2. The molecular weight excluding hydrogens is 225 g/mol. The van der Waals surface area contributed by atoms with Crippen LogP contribution in [-0.2, 0) is 4.74 Å². The van der Waals surface area contributed by atoms with Gasteiger partial charge < -0.3 is 15.0 Å².